The molecule has 0 bridgehead atoms. The third-order valence-electron chi connectivity index (χ3n) is 2.35. The van der Waals surface area contributed by atoms with E-state index in [1.807, 2.05) is 18.2 Å². The summed E-state index contributed by atoms with van der Waals surface area (Å²) >= 11 is 0. The first-order valence-corrected chi connectivity index (χ1v) is 5.28. The van der Waals surface area contributed by atoms with Crippen molar-refractivity contribution in [3.8, 4) is 5.75 Å². The smallest absolute Gasteiger partial charge is 0.123 e. The summed E-state index contributed by atoms with van der Waals surface area (Å²) in [6.45, 7) is 4.13. The largest absolute Gasteiger partial charge is 0.496 e. The van der Waals surface area contributed by atoms with Crippen molar-refractivity contribution in [2.45, 2.75) is 19.9 Å². The molecule has 0 radical (unpaired) electrons. The Bertz CT molecular complexity index is 312. The van der Waals surface area contributed by atoms with E-state index in [1.165, 1.54) is 0 Å². The summed E-state index contributed by atoms with van der Waals surface area (Å²) in [5.41, 5.74) is 7.69. The topological polar surface area (TPSA) is 38.5 Å². The van der Waals surface area contributed by atoms with Crippen molar-refractivity contribution in [2.75, 3.05) is 26.4 Å². The average molecular weight is 208 g/mol. The van der Waals surface area contributed by atoms with Crippen LogP contribution in [0.15, 0.2) is 18.2 Å². The fraction of sp³-hybridized carbons (Fsp3) is 0.500. The summed E-state index contributed by atoms with van der Waals surface area (Å²) in [6, 6.07) is 5.76. The van der Waals surface area contributed by atoms with Crippen LogP contribution in [0.3, 0.4) is 0 Å². The second-order valence-corrected chi connectivity index (χ2v) is 3.81. The molecule has 3 heteroatoms. The Morgan fingerprint density at radius 1 is 1.40 bits per heavy atom. The highest BCUT2D eigenvalue weighted by Gasteiger charge is 2.05. The Labute approximate surface area is 91.8 Å². The van der Waals surface area contributed by atoms with E-state index in [0.717, 1.165) is 36.5 Å². The van der Waals surface area contributed by atoms with Crippen molar-refractivity contribution in [3.63, 3.8) is 0 Å². The van der Waals surface area contributed by atoms with Gasteiger partial charge in [-0.15, -0.1) is 0 Å². The second-order valence-electron chi connectivity index (χ2n) is 3.81. The van der Waals surface area contributed by atoms with E-state index in [0.29, 0.717) is 0 Å². The lowest BCUT2D eigenvalue weighted by atomic mass is 10.1. The molecule has 0 saturated carbocycles. The van der Waals surface area contributed by atoms with Crippen LogP contribution >= 0.6 is 0 Å². The van der Waals surface area contributed by atoms with Crippen LogP contribution in [-0.4, -0.2) is 25.6 Å². The van der Waals surface area contributed by atoms with Gasteiger partial charge in [-0.3, -0.25) is 0 Å². The van der Waals surface area contributed by atoms with Gasteiger partial charge in [0.2, 0.25) is 0 Å². The van der Waals surface area contributed by atoms with Gasteiger partial charge in [0.05, 0.1) is 7.11 Å². The van der Waals surface area contributed by atoms with Gasteiger partial charge in [-0.05, 0) is 38.2 Å². The summed E-state index contributed by atoms with van der Waals surface area (Å²) in [4.78, 5) is 2.26. The van der Waals surface area contributed by atoms with Crippen molar-refractivity contribution in [1.82, 2.24) is 4.90 Å². The fourth-order valence-corrected chi connectivity index (χ4v) is 1.67. The molecule has 1 aromatic carbocycles. The monoisotopic (exact) mass is 208 g/mol. The van der Waals surface area contributed by atoms with Gasteiger partial charge in [-0.25, -0.2) is 0 Å². The molecule has 3 nitrogen and oxygen atoms in total. The molecule has 0 aliphatic rings. The highest BCUT2D eigenvalue weighted by atomic mass is 16.5. The van der Waals surface area contributed by atoms with E-state index in [1.54, 1.807) is 7.11 Å². The molecule has 2 N–H and O–H groups in total. The van der Waals surface area contributed by atoms with Gasteiger partial charge in [0.15, 0.2) is 0 Å². The molecule has 0 fully saturated rings. The zero-order valence-corrected chi connectivity index (χ0v) is 9.79. The molecule has 0 amide bonds. The first kappa shape index (κ1) is 11.9. The zero-order valence-electron chi connectivity index (χ0n) is 9.79. The minimum absolute atomic E-state index is 0.788. The molecular weight excluding hydrogens is 188 g/mol. The number of nitrogens with zero attached hydrogens (tertiary/aromatic N) is 1. The molecule has 1 aromatic rings. The van der Waals surface area contributed by atoms with Crippen LogP contribution in [0, 0.1) is 0 Å². The second kappa shape index (κ2) is 5.61. The number of nitrogen functional groups attached to an aromatic ring is 1. The van der Waals surface area contributed by atoms with Crippen LogP contribution in [0.5, 0.6) is 5.75 Å². The van der Waals surface area contributed by atoms with Crippen LogP contribution < -0.4 is 10.5 Å². The van der Waals surface area contributed by atoms with Crippen molar-refractivity contribution >= 4 is 5.69 Å². The normalized spacial score (nSPS) is 10.7. The van der Waals surface area contributed by atoms with Gasteiger partial charge in [-0.1, -0.05) is 6.92 Å². The van der Waals surface area contributed by atoms with Gasteiger partial charge in [0.1, 0.15) is 5.75 Å². The summed E-state index contributed by atoms with van der Waals surface area (Å²) in [6.07, 6.45) is 1.15. The molecule has 0 saturated heterocycles. The maximum atomic E-state index is 5.76. The van der Waals surface area contributed by atoms with Crippen molar-refractivity contribution in [2.24, 2.45) is 0 Å². The lowest BCUT2D eigenvalue weighted by molar-refractivity contribution is 0.318. The first-order chi connectivity index (χ1) is 7.17. The molecule has 0 heterocycles. The van der Waals surface area contributed by atoms with E-state index in [9.17, 15) is 0 Å². The van der Waals surface area contributed by atoms with E-state index in [-0.39, 0.29) is 0 Å². The van der Waals surface area contributed by atoms with Gasteiger partial charge in [0.25, 0.3) is 0 Å². The number of benzene rings is 1. The van der Waals surface area contributed by atoms with Crippen molar-refractivity contribution in [3.05, 3.63) is 23.8 Å². The van der Waals surface area contributed by atoms with Crippen LogP contribution in [-0.2, 0) is 6.54 Å². The first-order valence-electron chi connectivity index (χ1n) is 5.28. The predicted molar refractivity (Wildman–Crippen MR) is 64.0 cm³/mol. The van der Waals surface area contributed by atoms with Crippen LogP contribution in [0.1, 0.15) is 18.9 Å². The Morgan fingerprint density at radius 2 is 2.13 bits per heavy atom. The van der Waals surface area contributed by atoms with E-state index in [4.69, 9.17) is 10.5 Å². The van der Waals surface area contributed by atoms with E-state index >= 15 is 0 Å². The zero-order chi connectivity index (χ0) is 11.3. The standard InChI is InChI=1S/C12H20N2O/c1-4-7-14(2)9-10-8-11(13)5-6-12(10)15-3/h5-6,8H,4,7,9,13H2,1-3H3. The number of rotatable bonds is 5. The quantitative estimate of drug-likeness (QED) is 0.753. The molecule has 0 spiro atoms. The van der Waals surface area contributed by atoms with Gasteiger partial charge >= 0.3 is 0 Å². The minimum atomic E-state index is 0.788. The van der Waals surface area contributed by atoms with Gasteiger partial charge in [0, 0.05) is 17.8 Å². The lowest BCUT2D eigenvalue weighted by Gasteiger charge is -2.17. The van der Waals surface area contributed by atoms with Crippen molar-refractivity contribution < 1.29 is 4.74 Å². The average Bonchev–Trinajstić information content (AvgIpc) is 2.18. The van der Waals surface area contributed by atoms with Gasteiger partial charge < -0.3 is 15.4 Å². The lowest BCUT2D eigenvalue weighted by Crippen LogP contribution is -2.18. The molecule has 0 unspecified atom stereocenters. The molecule has 15 heavy (non-hydrogen) atoms. The number of hydrogen-bond acceptors (Lipinski definition) is 3. The van der Waals surface area contributed by atoms with Crippen LogP contribution in [0.4, 0.5) is 5.69 Å². The Kier molecular flexibility index (Phi) is 4.43. The number of nitrogens with two attached hydrogens (primary N) is 1. The highest BCUT2D eigenvalue weighted by molar-refractivity contribution is 5.47. The molecule has 0 aromatic heterocycles. The van der Waals surface area contributed by atoms with E-state index < -0.39 is 0 Å². The molecular formula is C12H20N2O. The predicted octanol–water partition coefficient (Wildman–Crippen LogP) is 2.12. The highest BCUT2D eigenvalue weighted by Crippen LogP contribution is 2.22. The molecule has 0 aliphatic heterocycles. The van der Waals surface area contributed by atoms with E-state index in [2.05, 4.69) is 18.9 Å². The number of anilines is 1. The van der Waals surface area contributed by atoms with Crippen molar-refractivity contribution in [1.29, 1.82) is 0 Å². The molecule has 0 aliphatic carbocycles. The Hall–Kier alpha value is -1.22. The maximum absolute atomic E-state index is 5.76. The number of hydrogen-bond donors (Lipinski definition) is 1. The summed E-state index contributed by atoms with van der Waals surface area (Å²) in [5.74, 6) is 0.909. The number of methoxy groups -OCH3 is 1. The maximum Gasteiger partial charge on any atom is 0.123 e. The molecule has 0 atom stereocenters. The number of ether oxygens (including phenoxy) is 1. The van der Waals surface area contributed by atoms with Crippen LogP contribution in [0.25, 0.3) is 0 Å². The fourth-order valence-electron chi connectivity index (χ4n) is 1.67. The van der Waals surface area contributed by atoms with Crippen LogP contribution in [0.2, 0.25) is 0 Å². The SMILES string of the molecule is CCCN(C)Cc1cc(N)ccc1OC. The molecule has 1 rings (SSSR count). The Balaban J connectivity index is 2.77. The summed E-state index contributed by atoms with van der Waals surface area (Å²) in [7, 11) is 3.79. The minimum Gasteiger partial charge on any atom is -0.496 e. The Morgan fingerprint density at radius 3 is 2.73 bits per heavy atom. The molecule has 84 valence electrons. The summed E-state index contributed by atoms with van der Waals surface area (Å²) in [5, 5.41) is 0. The third kappa shape index (κ3) is 3.44. The summed E-state index contributed by atoms with van der Waals surface area (Å²) < 4.78 is 5.30. The van der Waals surface area contributed by atoms with Gasteiger partial charge in [-0.2, -0.15) is 0 Å². The third-order valence-corrected chi connectivity index (χ3v) is 2.35.